The van der Waals surface area contributed by atoms with E-state index in [4.69, 9.17) is 4.98 Å². The number of rotatable bonds is 5. The van der Waals surface area contributed by atoms with Gasteiger partial charge in [0.2, 0.25) is 0 Å². The van der Waals surface area contributed by atoms with Gasteiger partial charge < -0.3 is 9.88 Å². The third kappa shape index (κ3) is 4.17. The van der Waals surface area contributed by atoms with E-state index in [-0.39, 0.29) is 17.6 Å². The molecule has 0 amide bonds. The maximum atomic E-state index is 13.5. The first-order valence-electron chi connectivity index (χ1n) is 13.4. The first kappa shape index (κ1) is 23.5. The molecule has 0 unspecified atom stereocenters. The van der Waals surface area contributed by atoms with E-state index in [0.717, 1.165) is 72.0 Å². The van der Waals surface area contributed by atoms with Crippen LogP contribution in [0, 0.1) is 6.92 Å². The summed E-state index contributed by atoms with van der Waals surface area (Å²) in [6.07, 6.45) is 4.52. The number of nitrogens with one attached hydrogen (secondary N) is 1. The molecule has 1 saturated heterocycles. The zero-order chi connectivity index (χ0) is 25.6. The molecule has 7 rings (SSSR count). The van der Waals surface area contributed by atoms with Crippen LogP contribution in [-0.2, 0) is 0 Å². The molecule has 0 spiro atoms. The second-order valence-electron chi connectivity index (χ2n) is 10.5. The number of H-pyrrole nitrogens is 1. The van der Waals surface area contributed by atoms with E-state index in [0.29, 0.717) is 5.56 Å². The van der Waals surface area contributed by atoms with Gasteiger partial charge in [0.1, 0.15) is 6.04 Å². The van der Waals surface area contributed by atoms with Crippen molar-refractivity contribution in [3.63, 3.8) is 0 Å². The van der Waals surface area contributed by atoms with E-state index >= 15 is 0 Å². The van der Waals surface area contributed by atoms with Crippen LogP contribution in [0.1, 0.15) is 54.7 Å². The zero-order valence-electron chi connectivity index (χ0n) is 21.4. The molecular formula is C28H30N8OS. The molecule has 2 fully saturated rings. The molecule has 9 nitrogen and oxygen atoms in total. The van der Waals surface area contributed by atoms with E-state index in [1.54, 1.807) is 11.3 Å². The minimum Gasteiger partial charge on any atom is -0.345 e. The Morgan fingerprint density at radius 2 is 1.84 bits per heavy atom. The van der Waals surface area contributed by atoms with Gasteiger partial charge in [-0.2, -0.15) is 0 Å². The van der Waals surface area contributed by atoms with Crippen LogP contribution in [0.2, 0.25) is 0 Å². The van der Waals surface area contributed by atoms with Crippen molar-refractivity contribution in [1.29, 1.82) is 0 Å². The molecule has 4 heterocycles. The number of thiazole rings is 1. The highest BCUT2D eigenvalue weighted by atomic mass is 32.1. The molecule has 1 aliphatic heterocycles. The summed E-state index contributed by atoms with van der Waals surface area (Å²) in [4.78, 5) is 26.3. The Morgan fingerprint density at radius 1 is 1.03 bits per heavy atom. The number of aryl methyl sites for hydroxylation is 1. The summed E-state index contributed by atoms with van der Waals surface area (Å²) in [6.45, 7) is 5.29. The van der Waals surface area contributed by atoms with Gasteiger partial charge in [0, 0.05) is 37.3 Å². The highest BCUT2D eigenvalue weighted by Gasteiger charge is 2.35. The summed E-state index contributed by atoms with van der Waals surface area (Å²) < 4.78 is 3.20. The molecule has 0 radical (unpaired) electrons. The lowest BCUT2D eigenvalue weighted by atomic mass is 10.0. The number of tetrazole rings is 1. The van der Waals surface area contributed by atoms with Gasteiger partial charge in [0.05, 0.1) is 16.3 Å². The van der Waals surface area contributed by atoms with Gasteiger partial charge in [-0.05, 0) is 65.9 Å². The molecule has 2 aliphatic rings. The Balaban J connectivity index is 1.26. The number of pyridine rings is 1. The molecule has 1 saturated carbocycles. The predicted molar refractivity (Wildman–Crippen MR) is 150 cm³/mol. The van der Waals surface area contributed by atoms with Crippen molar-refractivity contribution < 1.29 is 0 Å². The number of aromatic amines is 1. The van der Waals surface area contributed by atoms with E-state index in [1.807, 2.05) is 28.9 Å². The van der Waals surface area contributed by atoms with Crippen molar-refractivity contribution in [2.75, 3.05) is 31.1 Å². The highest BCUT2D eigenvalue weighted by Crippen LogP contribution is 2.35. The van der Waals surface area contributed by atoms with Crippen molar-refractivity contribution >= 4 is 37.6 Å². The zero-order valence-corrected chi connectivity index (χ0v) is 22.2. The van der Waals surface area contributed by atoms with Crippen LogP contribution >= 0.6 is 11.3 Å². The molecule has 1 N–H and O–H groups in total. The Hall–Kier alpha value is -3.63. The summed E-state index contributed by atoms with van der Waals surface area (Å²) in [7, 11) is 0. The minimum atomic E-state index is -0.322. The topological polar surface area (TPSA) is 95.8 Å². The lowest BCUT2D eigenvalue weighted by Gasteiger charge is -2.38. The van der Waals surface area contributed by atoms with Crippen molar-refractivity contribution in [3.05, 3.63) is 75.8 Å². The predicted octanol–water partition coefficient (Wildman–Crippen LogP) is 4.46. The van der Waals surface area contributed by atoms with Crippen LogP contribution in [0.3, 0.4) is 0 Å². The SMILES string of the molecule is Cc1ccc2[nH]c(=O)c([C@@H](c3nnnn3C3CCCC3)N3CCN(c4nc5ccccc5s4)CC3)cc2c1. The Bertz CT molecular complexity index is 1630. The van der Waals surface area contributed by atoms with E-state index in [2.05, 4.69) is 61.5 Å². The number of piperazine rings is 1. The first-order valence-corrected chi connectivity index (χ1v) is 14.2. The second kappa shape index (κ2) is 9.59. The standard InChI is InChI=1S/C28H30N8OS/c1-18-10-11-22-19(16-18)17-21(27(37)29-22)25(26-31-32-33-36(26)20-6-2-3-7-20)34-12-14-35(15-13-34)28-30-23-8-4-5-9-24(23)38-28/h4-5,8-11,16-17,20,25H,2-3,6-7,12-15H2,1H3,(H,29,37)/t25-/m0/s1. The van der Waals surface area contributed by atoms with Crippen LogP contribution in [0.25, 0.3) is 21.1 Å². The van der Waals surface area contributed by atoms with Gasteiger partial charge in [-0.3, -0.25) is 9.69 Å². The molecule has 0 bridgehead atoms. The Labute approximate surface area is 224 Å². The molecule has 1 aliphatic carbocycles. The summed E-state index contributed by atoms with van der Waals surface area (Å²) in [5, 5.41) is 15.2. The van der Waals surface area contributed by atoms with Gasteiger partial charge in [-0.1, -0.05) is 47.9 Å². The molecule has 1 atom stereocenters. The van der Waals surface area contributed by atoms with Gasteiger partial charge in [0.25, 0.3) is 5.56 Å². The van der Waals surface area contributed by atoms with Gasteiger partial charge >= 0.3 is 0 Å². The summed E-state index contributed by atoms with van der Waals surface area (Å²) in [5.41, 5.74) is 3.67. The van der Waals surface area contributed by atoms with Crippen LogP contribution < -0.4 is 10.5 Å². The van der Waals surface area contributed by atoms with Crippen molar-refractivity contribution in [1.82, 2.24) is 35.1 Å². The largest absolute Gasteiger partial charge is 0.345 e. The molecule has 10 heteroatoms. The lowest BCUT2D eigenvalue weighted by Crippen LogP contribution is -2.49. The third-order valence-corrected chi connectivity index (χ3v) is 9.09. The summed E-state index contributed by atoms with van der Waals surface area (Å²) in [6, 6.07) is 16.4. The fraction of sp³-hybridized carbons (Fsp3) is 0.393. The molecule has 3 aromatic heterocycles. The summed E-state index contributed by atoms with van der Waals surface area (Å²) >= 11 is 1.74. The smallest absolute Gasteiger partial charge is 0.253 e. The number of aromatic nitrogens is 6. The molecule has 5 aromatic rings. The second-order valence-corrected chi connectivity index (χ2v) is 11.5. The number of fused-ring (bicyclic) bond motifs is 2. The van der Waals surface area contributed by atoms with E-state index in [1.165, 1.54) is 17.5 Å². The number of anilines is 1. The monoisotopic (exact) mass is 526 g/mol. The third-order valence-electron chi connectivity index (χ3n) is 7.99. The van der Waals surface area contributed by atoms with Crippen LogP contribution in [0.4, 0.5) is 5.13 Å². The van der Waals surface area contributed by atoms with E-state index in [9.17, 15) is 4.79 Å². The maximum Gasteiger partial charge on any atom is 0.253 e. The summed E-state index contributed by atoms with van der Waals surface area (Å²) in [5.74, 6) is 0.767. The van der Waals surface area contributed by atoms with Crippen molar-refractivity contribution in [3.8, 4) is 0 Å². The lowest BCUT2D eigenvalue weighted by molar-refractivity contribution is 0.197. The first-order chi connectivity index (χ1) is 18.6. The molecular weight excluding hydrogens is 496 g/mol. The van der Waals surface area contributed by atoms with Crippen LogP contribution in [0.5, 0.6) is 0 Å². The van der Waals surface area contributed by atoms with Crippen LogP contribution in [0.15, 0.2) is 53.3 Å². The number of hydrogen-bond donors (Lipinski definition) is 1. The fourth-order valence-corrected chi connectivity index (χ4v) is 7.02. The Kier molecular flexibility index (Phi) is 5.93. The molecule has 38 heavy (non-hydrogen) atoms. The fourth-order valence-electron chi connectivity index (χ4n) is 6.00. The highest BCUT2D eigenvalue weighted by molar-refractivity contribution is 7.22. The van der Waals surface area contributed by atoms with Gasteiger partial charge in [0.15, 0.2) is 11.0 Å². The van der Waals surface area contributed by atoms with Crippen molar-refractivity contribution in [2.45, 2.75) is 44.7 Å². The van der Waals surface area contributed by atoms with Gasteiger partial charge in [-0.15, -0.1) is 5.10 Å². The quantitative estimate of drug-likeness (QED) is 0.361. The van der Waals surface area contributed by atoms with Crippen LogP contribution in [-0.4, -0.2) is 61.3 Å². The van der Waals surface area contributed by atoms with E-state index < -0.39 is 0 Å². The number of hydrogen-bond acceptors (Lipinski definition) is 8. The maximum absolute atomic E-state index is 13.5. The number of nitrogens with zero attached hydrogens (tertiary/aromatic N) is 7. The normalized spacial score (nSPS) is 18.1. The minimum absolute atomic E-state index is 0.0825. The molecule has 194 valence electrons. The molecule has 2 aromatic carbocycles. The van der Waals surface area contributed by atoms with Crippen molar-refractivity contribution in [2.24, 2.45) is 0 Å². The average molecular weight is 527 g/mol. The average Bonchev–Trinajstić information content (AvgIpc) is 3.70. The van der Waals surface area contributed by atoms with Gasteiger partial charge in [-0.25, -0.2) is 9.67 Å². The number of benzene rings is 2. The Morgan fingerprint density at radius 3 is 2.66 bits per heavy atom. The number of para-hydroxylation sites is 1.